The van der Waals surface area contributed by atoms with E-state index in [1.165, 1.54) is 0 Å². The minimum absolute atomic E-state index is 0.423. The van der Waals surface area contributed by atoms with E-state index in [2.05, 4.69) is 28.9 Å². The first-order valence-corrected chi connectivity index (χ1v) is 6.79. The summed E-state index contributed by atoms with van der Waals surface area (Å²) in [5.74, 6) is 0.784. The molecule has 0 saturated carbocycles. The van der Waals surface area contributed by atoms with E-state index in [4.69, 9.17) is 10.5 Å². The second kappa shape index (κ2) is 6.67. The molecule has 0 aromatic carbocycles. The molecular formula is C14H22N4O2. The number of ether oxygens (including phenoxy) is 1. The van der Waals surface area contributed by atoms with E-state index in [0.29, 0.717) is 18.1 Å². The molecule has 1 fully saturated rings. The molecule has 1 saturated heterocycles. The van der Waals surface area contributed by atoms with E-state index < -0.39 is 5.91 Å². The second-order valence-electron chi connectivity index (χ2n) is 5.42. The van der Waals surface area contributed by atoms with Crippen LogP contribution in [0.2, 0.25) is 0 Å². The summed E-state index contributed by atoms with van der Waals surface area (Å²) in [7, 11) is 4.11. The number of nitrogens with zero attached hydrogens (tertiary/aromatic N) is 3. The molecule has 0 aliphatic carbocycles. The highest BCUT2D eigenvalue weighted by molar-refractivity contribution is 5.93. The Hall–Kier alpha value is -1.66. The summed E-state index contributed by atoms with van der Waals surface area (Å²) in [6.45, 7) is 4.04. The van der Waals surface area contributed by atoms with Crippen LogP contribution in [0, 0.1) is 5.92 Å². The lowest BCUT2D eigenvalue weighted by atomic mass is 10.1. The third-order valence-corrected chi connectivity index (χ3v) is 3.32. The predicted molar refractivity (Wildman–Crippen MR) is 77.8 cm³/mol. The van der Waals surface area contributed by atoms with Crippen molar-refractivity contribution in [3.63, 3.8) is 0 Å². The molecule has 0 spiro atoms. The average Bonchev–Trinajstić information content (AvgIpc) is 2.64. The normalized spacial score (nSPS) is 19.9. The zero-order valence-electron chi connectivity index (χ0n) is 12.1. The summed E-state index contributed by atoms with van der Waals surface area (Å²) in [4.78, 5) is 19.9. The molecule has 6 heteroatoms. The molecule has 2 heterocycles. The number of carbonyl (C=O) groups excluding carboxylic acids is 1. The number of hydrogen-bond donors (Lipinski definition) is 1. The average molecular weight is 278 g/mol. The van der Waals surface area contributed by atoms with Gasteiger partial charge in [0, 0.05) is 37.3 Å². The van der Waals surface area contributed by atoms with Gasteiger partial charge in [0.1, 0.15) is 5.82 Å². The highest BCUT2D eigenvalue weighted by atomic mass is 16.5. The van der Waals surface area contributed by atoms with Crippen LogP contribution in [0.1, 0.15) is 10.4 Å². The monoisotopic (exact) mass is 278 g/mol. The van der Waals surface area contributed by atoms with Crippen LogP contribution in [0.3, 0.4) is 0 Å². The van der Waals surface area contributed by atoms with Crippen LogP contribution in [0.15, 0.2) is 18.3 Å². The van der Waals surface area contributed by atoms with Gasteiger partial charge in [0.2, 0.25) is 5.91 Å². The maximum Gasteiger partial charge on any atom is 0.248 e. The molecule has 1 atom stereocenters. The minimum Gasteiger partial charge on any atom is -0.379 e. The van der Waals surface area contributed by atoms with E-state index >= 15 is 0 Å². The van der Waals surface area contributed by atoms with Gasteiger partial charge in [-0.05, 0) is 26.2 Å². The number of amides is 1. The molecule has 2 N–H and O–H groups in total. The van der Waals surface area contributed by atoms with Crippen molar-refractivity contribution in [3.8, 4) is 0 Å². The lowest BCUT2D eigenvalue weighted by molar-refractivity contribution is 0.1000. The Kier molecular flexibility index (Phi) is 4.92. The maximum atomic E-state index is 11.3. The van der Waals surface area contributed by atoms with Crippen LogP contribution in [-0.4, -0.2) is 62.7 Å². The lowest BCUT2D eigenvalue weighted by Gasteiger charge is -2.26. The lowest BCUT2D eigenvalue weighted by Crippen LogP contribution is -2.35. The van der Waals surface area contributed by atoms with Crippen molar-refractivity contribution in [1.29, 1.82) is 0 Å². The van der Waals surface area contributed by atoms with E-state index in [1.807, 2.05) is 0 Å². The van der Waals surface area contributed by atoms with Crippen molar-refractivity contribution >= 4 is 11.7 Å². The van der Waals surface area contributed by atoms with Crippen LogP contribution in [0.5, 0.6) is 0 Å². The first-order valence-electron chi connectivity index (χ1n) is 6.79. The van der Waals surface area contributed by atoms with Crippen LogP contribution in [-0.2, 0) is 4.74 Å². The topological polar surface area (TPSA) is 71.7 Å². The van der Waals surface area contributed by atoms with Gasteiger partial charge < -0.3 is 20.3 Å². The zero-order valence-corrected chi connectivity index (χ0v) is 12.1. The van der Waals surface area contributed by atoms with E-state index in [-0.39, 0.29) is 0 Å². The Labute approximate surface area is 119 Å². The molecule has 0 bridgehead atoms. The molecule has 1 aliphatic heterocycles. The Balaban J connectivity index is 2.13. The number of hydrogen-bond acceptors (Lipinski definition) is 5. The number of primary amides is 1. The minimum atomic E-state index is -0.426. The van der Waals surface area contributed by atoms with Crippen LogP contribution in [0.25, 0.3) is 0 Å². The summed E-state index contributed by atoms with van der Waals surface area (Å²) in [5, 5.41) is 0. The standard InChI is InChI=1S/C14H22N4O2/c1-17(2)8-11-9-18(5-6-20-10-11)13-7-12(14(15)19)3-4-16-13/h3-4,7,11H,5-6,8-10H2,1-2H3,(H2,15,19). The zero-order chi connectivity index (χ0) is 14.5. The smallest absolute Gasteiger partial charge is 0.248 e. The van der Waals surface area contributed by atoms with Crippen molar-refractivity contribution in [2.45, 2.75) is 0 Å². The van der Waals surface area contributed by atoms with Gasteiger partial charge in [-0.1, -0.05) is 0 Å². The highest BCUT2D eigenvalue weighted by Crippen LogP contribution is 2.17. The third-order valence-electron chi connectivity index (χ3n) is 3.32. The van der Waals surface area contributed by atoms with Gasteiger partial charge in [0.05, 0.1) is 13.2 Å². The van der Waals surface area contributed by atoms with Crippen molar-refractivity contribution in [1.82, 2.24) is 9.88 Å². The molecule has 20 heavy (non-hydrogen) atoms. The fourth-order valence-electron chi connectivity index (χ4n) is 2.46. The number of carbonyl (C=O) groups is 1. The Morgan fingerprint density at radius 1 is 1.60 bits per heavy atom. The van der Waals surface area contributed by atoms with Crippen LogP contribution in [0.4, 0.5) is 5.82 Å². The Morgan fingerprint density at radius 2 is 2.40 bits per heavy atom. The molecule has 1 amide bonds. The summed E-state index contributed by atoms with van der Waals surface area (Å²) in [5.41, 5.74) is 5.81. The van der Waals surface area contributed by atoms with Gasteiger partial charge in [-0.2, -0.15) is 0 Å². The SMILES string of the molecule is CN(C)CC1COCCN(c2cc(C(N)=O)ccn2)C1. The maximum absolute atomic E-state index is 11.3. The Bertz CT molecular complexity index is 464. The second-order valence-corrected chi connectivity index (χ2v) is 5.42. The van der Waals surface area contributed by atoms with Crippen molar-refractivity contribution in [3.05, 3.63) is 23.9 Å². The van der Waals surface area contributed by atoms with Gasteiger partial charge in [0.15, 0.2) is 0 Å². The number of anilines is 1. The first-order chi connectivity index (χ1) is 9.56. The van der Waals surface area contributed by atoms with Crippen LogP contribution < -0.4 is 10.6 Å². The van der Waals surface area contributed by atoms with Gasteiger partial charge in [-0.15, -0.1) is 0 Å². The molecule has 1 aromatic rings. The van der Waals surface area contributed by atoms with Crippen molar-refractivity contribution in [2.75, 3.05) is 51.8 Å². The van der Waals surface area contributed by atoms with E-state index in [0.717, 1.165) is 32.1 Å². The molecule has 0 radical (unpaired) electrons. The third kappa shape index (κ3) is 3.91. The molecule has 1 unspecified atom stereocenters. The van der Waals surface area contributed by atoms with Crippen LogP contribution >= 0.6 is 0 Å². The summed E-state index contributed by atoms with van der Waals surface area (Å²) in [6, 6.07) is 3.39. The molecule has 6 nitrogen and oxygen atoms in total. The van der Waals surface area contributed by atoms with E-state index in [1.54, 1.807) is 18.3 Å². The largest absolute Gasteiger partial charge is 0.379 e. The summed E-state index contributed by atoms with van der Waals surface area (Å²) < 4.78 is 5.65. The fraction of sp³-hybridized carbons (Fsp3) is 0.571. The summed E-state index contributed by atoms with van der Waals surface area (Å²) >= 11 is 0. The number of pyridine rings is 1. The van der Waals surface area contributed by atoms with Crippen molar-refractivity contribution in [2.24, 2.45) is 11.7 Å². The Morgan fingerprint density at radius 3 is 3.10 bits per heavy atom. The van der Waals surface area contributed by atoms with E-state index in [9.17, 15) is 4.79 Å². The highest BCUT2D eigenvalue weighted by Gasteiger charge is 2.20. The fourth-order valence-corrected chi connectivity index (χ4v) is 2.46. The van der Waals surface area contributed by atoms with Crippen molar-refractivity contribution < 1.29 is 9.53 Å². The van der Waals surface area contributed by atoms with Gasteiger partial charge in [0.25, 0.3) is 0 Å². The number of nitrogens with two attached hydrogens (primary N) is 1. The number of rotatable bonds is 4. The predicted octanol–water partition coefficient (Wildman–Crippen LogP) is 0.195. The molecule has 110 valence electrons. The molecule has 1 aliphatic rings. The quantitative estimate of drug-likeness (QED) is 0.851. The van der Waals surface area contributed by atoms with Gasteiger partial charge in [-0.25, -0.2) is 4.98 Å². The molecule has 2 rings (SSSR count). The van der Waals surface area contributed by atoms with Gasteiger partial charge in [-0.3, -0.25) is 4.79 Å². The first kappa shape index (κ1) is 14.7. The summed E-state index contributed by atoms with van der Waals surface area (Å²) in [6.07, 6.45) is 1.63. The molecular weight excluding hydrogens is 256 g/mol. The number of aromatic nitrogens is 1. The molecule has 1 aromatic heterocycles. The van der Waals surface area contributed by atoms with Gasteiger partial charge >= 0.3 is 0 Å².